The van der Waals surface area contributed by atoms with Crippen LogP contribution in [0, 0.1) is 5.82 Å². The number of carbonyl (C=O) groups is 2. The number of anilines is 1. The van der Waals surface area contributed by atoms with Gasteiger partial charge in [0.05, 0.1) is 16.3 Å². The molecule has 0 atom stereocenters. The minimum Gasteiger partial charge on any atom is -0.335 e. The molecule has 0 aliphatic carbocycles. The first kappa shape index (κ1) is 19.9. The molecule has 4 rings (SSSR count). The van der Waals surface area contributed by atoms with Gasteiger partial charge in [0.1, 0.15) is 5.82 Å². The highest BCUT2D eigenvalue weighted by molar-refractivity contribution is 6.32. The molecule has 3 aromatic rings. The summed E-state index contributed by atoms with van der Waals surface area (Å²) in [4.78, 5) is 28.2. The van der Waals surface area contributed by atoms with E-state index in [1.54, 1.807) is 44.9 Å². The zero-order chi connectivity index (χ0) is 21.1. The van der Waals surface area contributed by atoms with E-state index in [0.717, 1.165) is 0 Å². The molecule has 2 heterocycles. The van der Waals surface area contributed by atoms with E-state index in [0.29, 0.717) is 42.7 Å². The maximum atomic E-state index is 13.9. The van der Waals surface area contributed by atoms with E-state index in [1.807, 2.05) is 18.2 Å². The quantitative estimate of drug-likeness (QED) is 0.693. The molecule has 1 aliphatic rings. The summed E-state index contributed by atoms with van der Waals surface area (Å²) in [6.45, 7) is 1.35. The predicted molar refractivity (Wildman–Crippen MR) is 111 cm³/mol. The van der Waals surface area contributed by atoms with Crippen LogP contribution in [-0.2, 0) is 0 Å². The summed E-state index contributed by atoms with van der Waals surface area (Å²) in [6.07, 6.45) is 1.71. The molecule has 0 unspecified atom stereocenters. The van der Waals surface area contributed by atoms with Crippen molar-refractivity contribution in [1.82, 2.24) is 19.6 Å². The third-order valence-corrected chi connectivity index (χ3v) is 5.20. The summed E-state index contributed by atoms with van der Waals surface area (Å²) in [7, 11) is 0. The lowest BCUT2D eigenvalue weighted by Crippen LogP contribution is -2.51. The molecular formula is C21H19ClFN5O2. The Morgan fingerprint density at radius 1 is 0.933 bits per heavy atom. The molecule has 1 N–H and O–H groups in total. The van der Waals surface area contributed by atoms with E-state index in [4.69, 9.17) is 11.6 Å². The van der Waals surface area contributed by atoms with E-state index in [-0.39, 0.29) is 17.5 Å². The molecule has 154 valence electrons. The number of hydrogen-bond acceptors (Lipinski definition) is 3. The average molecular weight is 428 g/mol. The van der Waals surface area contributed by atoms with Crippen molar-refractivity contribution in [2.75, 3.05) is 31.5 Å². The van der Waals surface area contributed by atoms with Crippen molar-refractivity contribution in [1.29, 1.82) is 0 Å². The molecule has 3 amide bonds. The molecule has 1 aromatic heterocycles. The first-order valence-corrected chi connectivity index (χ1v) is 9.81. The van der Waals surface area contributed by atoms with Gasteiger partial charge in [0.2, 0.25) is 0 Å². The van der Waals surface area contributed by atoms with Gasteiger partial charge in [-0.2, -0.15) is 0 Å². The Hall–Kier alpha value is -3.39. The topological polar surface area (TPSA) is 70.5 Å². The Bertz CT molecular complexity index is 1080. The van der Waals surface area contributed by atoms with Crippen molar-refractivity contribution < 1.29 is 14.0 Å². The molecule has 1 saturated heterocycles. The number of piperazine rings is 1. The van der Waals surface area contributed by atoms with Gasteiger partial charge in [0.25, 0.3) is 5.91 Å². The Morgan fingerprint density at radius 3 is 2.33 bits per heavy atom. The SMILES string of the molecule is O=C(Nc1ccn(-c2ccccc2Cl)n1)N1CCN(C(=O)c2ccccc2F)CC1. The minimum absolute atomic E-state index is 0.0421. The maximum Gasteiger partial charge on any atom is 0.323 e. The number of aromatic nitrogens is 2. The normalized spacial score (nSPS) is 13.9. The zero-order valence-corrected chi connectivity index (χ0v) is 16.7. The van der Waals surface area contributed by atoms with Crippen molar-refractivity contribution in [3.05, 3.63) is 77.2 Å². The van der Waals surface area contributed by atoms with Gasteiger partial charge in [-0.25, -0.2) is 13.9 Å². The second kappa shape index (κ2) is 8.54. The number of hydrogen-bond donors (Lipinski definition) is 1. The molecule has 0 bridgehead atoms. The van der Waals surface area contributed by atoms with Crippen molar-refractivity contribution in [2.24, 2.45) is 0 Å². The highest BCUT2D eigenvalue weighted by Crippen LogP contribution is 2.20. The number of nitrogens with one attached hydrogen (secondary N) is 1. The summed E-state index contributed by atoms with van der Waals surface area (Å²) >= 11 is 6.18. The van der Waals surface area contributed by atoms with E-state index >= 15 is 0 Å². The van der Waals surface area contributed by atoms with Crippen LogP contribution < -0.4 is 5.32 Å². The fraction of sp³-hybridized carbons (Fsp3) is 0.190. The summed E-state index contributed by atoms with van der Waals surface area (Å²) < 4.78 is 15.4. The van der Waals surface area contributed by atoms with Crippen LogP contribution in [0.25, 0.3) is 5.69 Å². The number of halogens is 2. The van der Waals surface area contributed by atoms with Crippen LogP contribution in [0.5, 0.6) is 0 Å². The van der Waals surface area contributed by atoms with Crippen LogP contribution in [0.4, 0.5) is 15.0 Å². The van der Waals surface area contributed by atoms with Gasteiger partial charge >= 0.3 is 6.03 Å². The van der Waals surface area contributed by atoms with Crippen molar-refractivity contribution in [2.45, 2.75) is 0 Å². The third kappa shape index (κ3) is 4.13. The Balaban J connectivity index is 1.35. The van der Waals surface area contributed by atoms with Crippen LogP contribution in [0.15, 0.2) is 60.8 Å². The van der Waals surface area contributed by atoms with Crippen molar-refractivity contribution in [3.8, 4) is 5.69 Å². The fourth-order valence-corrected chi connectivity index (χ4v) is 3.49. The van der Waals surface area contributed by atoms with E-state index in [1.165, 1.54) is 12.1 Å². The van der Waals surface area contributed by atoms with Crippen LogP contribution in [0.3, 0.4) is 0 Å². The summed E-state index contributed by atoms with van der Waals surface area (Å²) in [6, 6.07) is 14.5. The second-order valence-corrected chi connectivity index (χ2v) is 7.19. The second-order valence-electron chi connectivity index (χ2n) is 6.79. The first-order valence-electron chi connectivity index (χ1n) is 9.43. The number of para-hydroxylation sites is 1. The molecule has 1 fully saturated rings. The van der Waals surface area contributed by atoms with E-state index in [9.17, 15) is 14.0 Å². The van der Waals surface area contributed by atoms with Gasteiger partial charge in [-0.15, -0.1) is 5.10 Å². The molecular weight excluding hydrogens is 409 g/mol. The molecule has 0 saturated carbocycles. The number of rotatable bonds is 3. The Morgan fingerprint density at radius 2 is 1.60 bits per heavy atom. The first-order chi connectivity index (χ1) is 14.5. The third-order valence-electron chi connectivity index (χ3n) is 4.88. The minimum atomic E-state index is -0.545. The molecule has 2 aromatic carbocycles. The van der Waals surface area contributed by atoms with Gasteiger partial charge in [-0.05, 0) is 24.3 Å². The lowest BCUT2D eigenvalue weighted by atomic mass is 10.1. The van der Waals surface area contributed by atoms with Gasteiger partial charge in [0, 0.05) is 38.4 Å². The summed E-state index contributed by atoms with van der Waals surface area (Å²) in [5.74, 6) is -0.520. The maximum absolute atomic E-state index is 13.9. The van der Waals surface area contributed by atoms with Crippen LogP contribution in [-0.4, -0.2) is 57.7 Å². The van der Waals surface area contributed by atoms with Gasteiger partial charge in [0.15, 0.2) is 5.82 Å². The van der Waals surface area contributed by atoms with Gasteiger partial charge in [-0.3, -0.25) is 10.1 Å². The van der Waals surface area contributed by atoms with Gasteiger partial charge in [-0.1, -0.05) is 35.9 Å². The molecule has 1 aliphatic heterocycles. The standard InChI is InChI=1S/C21H19ClFN5O2/c22-16-6-2-4-8-18(16)28-10-9-19(25-28)24-21(30)27-13-11-26(12-14-27)20(29)15-5-1-3-7-17(15)23/h1-10H,11-14H2,(H,24,25,30). The fourth-order valence-electron chi connectivity index (χ4n) is 3.27. The monoisotopic (exact) mass is 427 g/mol. The molecule has 7 nitrogen and oxygen atoms in total. The van der Waals surface area contributed by atoms with Gasteiger partial charge < -0.3 is 9.80 Å². The number of urea groups is 1. The number of amides is 3. The summed E-state index contributed by atoms with van der Waals surface area (Å²) in [5.41, 5.74) is 0.750. The largest absolute Gasteiger partial charge is 0.335 e. The summed E-state index contributed by atoms with van der Waals surface area (Å²) in [5, 5.41) is 7.64. The highest BCUT2D eigenvalue weighted by Gasteiger charge is 2.26. The molecule has 9 heteroatoms. The Labute approximate surface area is 177 Å². The van der Waals surface area contributed by atoms with Crippen LogP contribution in [0.1, 0.15) is 10.4 Å². The van der Waals surface area contributed by atoms with E-state index in [2.05, 4.69) is 10.4 Å². The van der Waals surface area contributed by atoms with Crippen molar-refractivity contribution >= 4 is 29.4 Å². The highest BCUT2D eigenvalue weighted by atomic mass is 35.5. The molecule has 30 heavy (non-hydrogen) atoms. The van der Waals surface area contributed by atoms with E-state index < -0.39 is 5.82 Å². The lowest BCUT2D eigenvalue weighted by Gasteiger charge is -2.34. The molecule has 0 spiro atoms. The number of benzene rings is 2. The smallest absolute Gasteiger partial charge is 0.323 e. The Kier molecular flexibility index (Phi) is 5.67. The average Bonchev–Trinajstić information content (AvgIpc) is 3.22. The zero-order valence-electron chi connectivity index (χ0n) is 16.0. The van der Waals surface area contributed by atoms with Crippen LogP contribution >= 0.6 is 11.6 Å². The number of nitrogens with zero attached hydrogens (tertiary/aromatic N) is 4. The lowest BCUT2D eigenvalue weighted by molar-refractivity contribution is 0.0667. The predicted octanol–water partition coefficient (Wildman–Crippen LogP) is 3.65. The van der Waals surface area contributed by atoms with Crippen molar-refractivity contribution in [3.63, 3.8) is 0 Å². The number of carbonyl (C=O) groups excluding carboxylic acids is 2. The molecule has 0 radical (unpaired) electrons. The van der Waals surface area contributed by atoms with Crippen LogP contribution in [0.2, 0.25) is 5.02 Å².